The topological polar surface area (TPSA) is 59.4 Å². The molecule has 0 bridgehead atoms. The molecule has 0 saturated heterocycles. The Morgan fingerprint density at radius 3 is 2.93 bits per heavy atom. The Bertz CT molecular complexity index is 445. The lowest BCUT2D eigenvalue weighted by molar-refractivity contribution is 0.210. The minimum absolute atomic E-state index is 0.0731. The smallest absolute Gasteiger partial charge is 0.133 e. The molecule has 3 nitrogen and oxygen atoms in total. The molecule has 1 unspecified atom stereocenters. The molecule has 0 saturated carbocycles. The summed E-state index contributed by atoms with van der Waals surface area (Å²) in [5.74, 6) is 0. The third-order valence-corrected chi connectivity index (χ3v) is 2.44. The third-order valence-electron chi connectivity index (χ3n) is 2.44. The number of aliphatic hydroxyl groups excluding tert-OH is 1. The van der Waals surface area contributed by atoms with Gasteiger partial charge >= 0.3 is 0 Å². The van der Waals surface area contributed by atoms with Crippen molar-refractivity contribution < 1.29 is 9.52 Å². The second-order valence-electron chi connectivity index (χ2n) is 3.75. The molecule has 0 amide bonds. The summed E-state index contributed by atoms with van der Waals surface area (Å²) in [5.41, 5.74) is 6.97. The van der Waals surface area contributed by atoms with Crippen molar-refractivity contribution in [2.75, 3.05) is 6.61 Å². The van der Waals surface area contributed by atoms with Crippen LogP contribution < -0.4 is 5.73 Å². The summed E-state index contributed by atoms with van der Waals surface area (Å²) in [5, 5.41) is 10.1. The molecule has 0 fully saturated rings. The predicted octanol–water partition coefficient (Wildman–Crippen LogP) is 1.60. The van der Waals surface area contributed by atoms with E-state index >= 15 is 0 Å². The Morgan fingerprint density at radius 2 is 2.21 bits per heavy atom. The standard InChI is InChI=1S/C11H13NO2/c1-11(12,7-13)9-2-3-10-8(6-9)4-5-14-10/h2-6,13H,7,12H2,1H3. The zero-order valence-electron chi connectivity index (χ0n) is 8.03. The van der Waals surface area contributed by atoms with Gasteiger partial charge in [-0.15, -0.1) is 0 Å². The number of hydrogen-bond acceptors (Lipinski definition) is 3. The van der Waals surface area contributed by atoms with Crippen molar-refractivity contribution in [3.05, 3.63) is 36.1 Å². The van der Waals surface area contributed by atoms with Gasteiger partial charge in [0, 0.05) is 5.39 Å². The molecule has 14 heavy (non-hydrogen) atoms. The number of aliphatic hydroxyl groups is 1. The van der Waals surface area contributed by atoms with Crippen molar-refractivity contribution in [3.8, 4) is 0 Å². The maximum Gasteiger partial charge on any atom is 0.133 e. The molecule has 1 heterocycles. The second-order valence-corrected chi connectivity index (χ2v) is 3.75. The molecule has 1 atom stereocenters. The molecule has 0 radical (unpaired) electrons. The first kappa shape index (κ1) is 9.24. The molecule has 0 aliphatic heterocycles. The minimum atomic E-state index is -0.689. The highest BCUT2D eigenvalue weighted by Crippen LogP contribution is 2.23. The average Bonchev–Trinajstić information content (AvgIpc) is 2.64. The molecule has 0 spiro atoms. The minimum Gasteiger partial charge on any atom is -0.464 e. The number of rotatable bonds is 2. The highest BCUT2D eigenvalue weighted by Gasteiger charge is 2.20. The van der Waals surface area contributed by atoms with Gasteiger partial charge in [-0.3, -0.25) is 0 Å². The fraction of sp³-hybridized carbons (Fsp3) is 0.273. The number of benzene rings is 1. The number of hydrogen-bond donors (Lipinski definition) is 2. The van der Waals surface area contributed by atoms with Crippen LogP contribution in [0.5, 0.6) is 0 Å². The SMILES string of the molecule is CC(N)(CO)c1ccc2occc2c1. The molecule has 3 N–H and O–H groups in total. The van der Waals surface area contributed by atoms with Crippen LogP contribution in [-0.4, -0.2) is 11.7 Å². The number of furan rings is 1. The third kappa shape index (κ3) is 1.41. The highest BCUT2D eigenvalue weighted by molar-refractivity contribution is 5.78. The van der Waals surface area contributed by atoms with E-state index in [1.54, 1.807) is 13.2 Å². The van der Waals surface area contributed by atoms with Crippen molar-refractivity contribution in [3.63, 3.8) is 0 Å². The van der Waals surface area contributed by atoms with E-state index < -0.39 is 5.54 Å². The first-order chi connectivity index (χ1) is 6.63. The Kier molecular flexibility index (Phi) is 2.06. The monoisotopic (exact) mass is 191 g/mol. The van der Waals surface area contributed by atoms with Crippen LogP contribution in [0.15, 0.2) is 34.9 Å². The molecule has 2 rings (SSSR count). The van der Waals surface area contributed by atoms with Gasteiger partial charge < -0.3 is 15.3 Å². The van der Waals surface area contributed by atoms with E-state index in [0.29, 0.717) is 0 Å². The Balaban J connectivity index is 2.53. The van der Waals surface area contributed by atoms with Crippen LogP contribution >= 0.6 is 0 Å². The highest BCUT2D eigenvalue weighted by atomic mass is 16.3. The summed E-state index contributed by atoms with van der Waals surface area (Å²) in [6.07, 6.45) is 1.64. The first-order valence-electron chi connectivity index (χ1n) is 4.51. The van der Waals surface area contributed by atoms with Gasteiger partial charge in [-0.05, 0) is 30.7 Å². The van der Waals surface area contributed by atoms with E-state index in [9.17, 15) is 0 Å². The molecule has 1 aromatic carbocycles. The lowest BCUT2D eigenvalue weighted by atomic mass is 9.93. The van der Waals surface area contributed by atoms with Crippen molar-refractivity contribution in [2.24, 2.45) is 5.73 Å². The lowest BCUT2D eigenvalue weighted by Crippen LogP contribution is -2.36. The summed E-state index contributed by atoms with van der Waals surface area (Å²) in [6.45, 7) is 1.73. The zero-order chi connectivity index (χ0) is 10.2. The van der Waals surface area contributed by atoms with Gasteiger partial charge in [0.15, 0.2) is 0 Å². The lowest BCUT2D eigenvalue weighted by Gasteiger charge is -2.22. The fourth-order valence-electron chi connectivity index (χ4n) is 1.41. The Morgan fingerprint density at radius 1 is 1.43 bits per heavy atom. The van der Waals surface area contributed by atoms with Crippen molar-refractivity contribution >= 4 is 11.0 Å². The molecular formula is C11H13NO2. The van der Waals surface area contributed by atoms with Crippen LogP contribution in [0.3, 0.4) is 0 Å². The molecule has 0 aliphatic carbocycles. The van der Waals surface area contributed by atoms with E-state index in [0.717, 1.165) is 16.5 Å². The molecule has 1 aromatic heterocycles. The maximum absolute atomic E-state index is 9.12. The summed E-state index contributed by atoms with van der Waals surface area (Å²) < 4.78 is 5.22. The molecule has 3 heteroatoms. The molecule has 2 aromatic rings. The largest absolute Gasteiger partial charge is 0.464 e. The van der Waals surface area contributed by atoms with Gasteiger partial charge in [-0.25, -0.2) is 0 Å². The van der Waals surface area contributed by atoms with Gasteiger partial charge in [0.05, 0.1) is 18.4 Å². The van der Waals surface area contributed by atoms with Gasteiger partial charge in [-0.1, -0.05) is 6.07 Å². The van der Waals surface area contributed by atoms with Gasteiger partial charge in [0.1, 0.15) is 5.58 Å². The summed E-state index contributed by atoms with van der Waals surface area (Å²) in [7, 11) is 0. The second kappa shape index (κ2) is 3.12. The first-order valence-corrected chi connectivity index (χ1v) is 4.51. The van der Waals surface area contributed by atoms with Crippen molar-refractivity contribution in [1.29, 1.82) is 0 Å². The van der Waals surface area contributed by atoms with Crippen LogP contribution in [0.25, 0.3) is 11.0 Å². The van der Waals surface area contributed by atoms with Crippen LogP contribution in [0.2, 0.25) is 0 Å². The van der Waals surface area contributed by atoms with Crippen LogP contribution in [-0.2, 0) is 5.54 Å². The summed E-state index contributed by atoms with van der Waals surface area (Å²) >= 11 is 0. The molecular weight excluding hydrogens is 178 g/mol. The van der Waals surface area contributed by atoms with Crippen LogP contribution in [0, 0.1) is 0 Å². The van der Waals surface area contributed by atoms with E-state index in [-0.39, 0.29) is 6.61 Å². The van der Waals surface area contributed by atoms with E-state index in [1.165, 1.54) is 0 Å². The normalized spacial score (nSPS) is 15.6. The number of fused-ring (bicyclic) bond motifs is 1. The van der Waals surface area contributed by atoms with E-state index in [2.05, 4.69) is 0 Å². The van der Waals surface area contributed by atoms with Gasteiger partial charge in [-0.2, -0.15) is 0 Å². The quantitative estimate of drug-likeness (QED) is 0.758. The van der Waals surface area contributed by atoms with Crippen LogP contribution in [0.1, 0.15) is 12.5 Å². The summed E-state index contributed by atoms with van der Waals surface area (Å²) in [6, 6.07) is 7.56. The number of nitrogens with two attached hydrogens (primary N) is 1. The zero-order valence-corrected chi connectivity index (χ0v) is 8.03. The van der Waals surface area contributed by atoms with Gasteiger partial charge in [0.2, 0.25) is 0 Å². The van der Waals surface area contributed by atoms with Gasteiger partial charge in [0.25, 0.3) is 0 Å². The van der Waals surface area contributed by atoms with E-state index in [4.69, 9.17) is 15.3 Å². The van der Waals surface area contributed by atoms with Crippen molar-refractivity contribution in [1.82, 2.24) is 0 Å². The molecule has 74 valence electrons. The van der Waals surface area contributed by atoms with Crippen LogP contribution in [0.4, 0.5) is 0 Å². The predicted molar refractivity (Wildman–Crippen MR) is 54.8 cm³/mol. The Hall–Kier alpha value is -1.32. The summed E-state index contributed by atoms with van der Waals surface area (Å²) in [4.78, 5) is 0. The Labute approximate surface area is 82.1 Å². The maximum atomic E-state index is 9.12. The fourth-order valence-corrected chi connectivity index (χ4v) is 1.41. The van der Waals surface area contributed by atoms with E-state index in [1.807, 2.05) is 24.3 Å². The average molecular weight is 191 g/mol. The molecule has 0 aliphatic rings. The van der Waals surface area contributed by atoms with Crippen molar-refractivity contribution in [2.45, 2.75) is 12.5 Å².